The minimum absolute atomic E-state index is 0.0172. The van der Waals surface area contributed by atoms with Crippen LogP contribution in [0.15, 0.2) is 59.8 Å². The number of ether oxygens (including phenoxy) is 1. The van der Waals surface area contributed by atoms with Crippen molar-refractivity contribution >= 4 is 40.0 Å². The van der Waals surface area contributed by atoms with Crippen molar-refractivity contribution in [2.24, 2.45) is 0 Å². The van der Waals surface area contributed by atoms with E-state index in [1.165, 1.54) is 23.0 Å². The first-order chi connectivity index (χ1) is 20.6. The number of anilines is 2. The molecule has 11 nitrogen and oxygen atoms in total. The maximum Gasteiger partial charge on any atom is 0.341 e. The summed E-state index contributed by atoms with van der Waals surface area (Å²) in [4.78, 5) is 39.8. The Morgan fingerprint density at radius 3 is 2.67 bits per heavy atom. The van der Waals surface area contributed by atoms with Gasteiger partial charge in [-0.1, -0.05) is 11.6 Å². The van der Waals surface area contributed by atoms with E-state index in [0.29, 0.717) is 35.2 Å². The number of carboxylic acids is 1. The SMILES string of the molecule is CN(C)C1CN(c2ccc(-n3cc(C(=O)O)c(=O)c4cc(F)c(N5CC[C@@H](O)[C@@H]5COc5ncccc5Cl)cc43)cn2)C1. The van der Waals surface area contributed by atoms with E-state index in [2.05, 4.69) is 19.8 Å². The van der Waals surface area contributed by atoms with Crippen LogP contribution >= 0.6 is 11.6 Å². The number of aliphatic hydroxyl groups excluding tert-OH is 1. The van der Waals surface area contributed by atoms with Crippen LogP contribution in [0.3, 0.4) is 0 Å². The number of benzene rings is 1. The highest BCUT2D eigenvalue weighted by molar-refractivity contribution is 6.31. The van der Waals surface area contributed by atoms with Gasteiger partial charge in [-0.15, -0.1) is 0 Å². The van der Waals surface area contributed by atoms with Crippen molar-refractivity contribution in [2.45, 2.75) is 24.6 Å². The van der Waals surface area contributed by atoms with Crippen LogP contribution in [0.5, 0.6) is 5.88 Å². The van der Waals surface area contributed by atoms with Crippen LogP contribution in [0.25, 0.3) is 16.6 Å². The predicted octanol–water partition coefficient (Wildman–Crippen LogP) is 3.04. The highest BCUT2D eigenvalue weighted by atomic mass is 35.5. The monoisotopic (exact) mass is 608 g/mol. The fourth-order valence-electron chi connectivity index (χ4n) is 5.58. The highest BCUT2D eigenvalue weighted by Gasteiger charge is 2.36. The lowest BCUT2D eigenvalue weighted by molar-refractivity contribution is 0.0695. The Labute approximate surface area is 251 Å². The first-order valence-electron chi connectivity index (χ1n) is 13.8. The Morgan fingerprint density at radius 1 is 1.21 bits per heavy atom. The van der Waals surface area contributed by atoms with E-state index in [0.717, 1.165) is 25.0 Å². The average Bonchev–Trinajstić information content (AvgIpc) is 3.31. The van der Waals surface area contributed by atoms with Crippen molar-refractivity contribution in [1.29, 1.82) is 0 Å². The van der Waals surface area contributed by atoms with Crippen molar-refractivity contribution in [3.8, 4) is 11.6 Å². The lowest BCUT2D eigenvalue weighted by Gasteiger charge is -2.43. The number of pyridine rings is 3. The number of carbonyl (C=O) groups is 1. The molecule has 43 heavy (non-hydrogen) atoms. The molecule has 2 atom stereocenters. The number of likely N-dealkylation sites (N-methyl/N-ethyl adjacent to an activating group) is 1. The van der Waals surface area contributed by atoms with Gasteiger partial charge in [0, 0.05) is 43.5 Å². The fraction of sp³-hybridized carbons (Fsp3) is 0.333. The van der Waals surface area contributed by atoms with Gasteiger partial charge in [0.05, 0.1) is 35.2 Å². The Bertz CT molecular complexity index is 1740. The molecular formula is C30H30ClFN6O5. The van der Waals surface area contributed by atoms with Gasteiger partial charge in [0.15, 0.2) is 0 Å². The molecule has 0 amide bonds. The van der Waals surface area contributed by atoms with E-state index in [1.807, 2.05) is 20.2 Å². The number of aromatic carboxylic acids is 1. The minimum Gasteiger partial charge on any atom is -0.477 e. The number of fused-ring (bicyclic) bond motifs is 1. The number of carboxylic acid groups (broad SMARTS) is 1. The fourth-order valence-corrected chi connectivity index (χ4v) is 5.75. The Balaban J connectivity index is 1.38. The van der Waals surface area contributed by atoms with E-state index in [-0.39, 0.29) is 23.6 Å². The molecule has 6 rings (SSSR count). The molecule has 2 aliphatic rings. The maximum absolute atomic E-state index is 15.7. The number of nitrogens with zero attached hydrogens (tertiary/aromatic N) is 6. The summed E-state index contributed by atoms with van der Waals surface area (Å²) >= 11 is 6.17. The molecule has 0 unspecified atom stereocenters. The second-order valence-electron chi connectivity index (χ2n) is 11.0. The molecule has 2 fully saturated rings. The summed E-state index contributed by atoms with van der Waals surface area (Å²) in [6.07, 6.45) is 3.91. The first-order valence-corrected chi connectivity index (χ1v) is 14.2. The van der Waals surface area contributed by atoms with Crippen molar-refractivity contribution < 1.29 is 24.1 Å². The molecule has 0 radical (unpaired) electrons. The van der Waals surface area contributed by atoms with Crippen molar-refractivity contribution in [3.63, 3.8) is 0 Å². The first kappa shape index (κ1) is 28.8. The Morgan fingerprint density at radius 2 is 2.00 bits per heavy atom. The third-order valence-corrected chi connectivity index (χ3v) is 8.45. The molecule has 13 heteroatoms. The summed E-state index contributed by atoms with van der Waals surface area (Å²) in [6, 6.07) is 9.28. The molecule has 2 N–H and O–H groups in total. The predicted molar refractivity (Wildman–Crippen MR) is 160 cm³/mol. The third kappa shape index (κ3) is 5.37. The smallest absolute Gasteiger partial charge is 0.341 e. The zero-order valence-corrected chi connectivity index (χ0v) is 24.3. The number of rotatable bonds is 8. The summed E-state index contributed by atoms with van der Waals surface area (Å²) in [5, 5.41) is 20.7. The van der Waals surface area contributed by atoms with Crippen LogP contribution in [0.1, 0.15) is 16.8 Å². The number of aliphatic hydroxyl groups is 1. The number of hydrogen-bond acceptors (Lipinski definition) is 9. The molecule has 224 valence electrons. The molecule has 5 heterocycles. The molecule has 0 aliphatic carbocycles. The standard InChI is InChI=1S/C30H30ClFN6O5/c1-35(2)18-13-36(14-18)27-6-5-17(12-34-27)38-15-20(30(41)42)28(40)19-10-22(32)24(11-23(19)38)37-9-7-26(39)25(37)16-43-29-21(31)4-3-8-33-29/h3-6,8,10-12,15,18,25-26,39H,7,9,13-14,16H2,1-2H3,(H,41,42)/t25-,26+/m0/s1. The Hall–Kier alpha value is -4.26. The molecule has 2 aliphatic heterocycles. The lowest BCUT2D eigenvalue weighted by atomic mass is 10.1. The van der Waals surface area contributed by atoms with E-state index in [9.17, 15) is 19.8 Å². The van der Waals surface area contributed by atoms with Gasteiger partial charge in [0.1, 0.15) is 28.8 Å². The molecule has 0 spiro atoms. The zero-order chi connectivity index (χ0) is 30.4. The third-order valence-electron chi connectivity index (χ3n) is 8.16. The van der Waals surface area contributed by atoms with Crippen LogP contribution in [-0.4, -0.2) is 94.1 Å². The number of halogens is 2. The van der Waals surface area contributed by atoms with Crippen LogP contribution in [0.4, 0.5) is 15.9 Å². The van der Waals surface area contributed by atoms with Gasteiger partial charge in [0.2, 0.25) is 11.3 Å². The lowest BCUT2D eigenvalue weighted by Crippen LogP contribution is -2.57. The Kier molecular flexibility index (Phi) is 7.67. The van der Waals surface area contributed by atoms with Gasteiger partial charge < -0.3 is 34.2 Å². The molecule has 4 aromatic rings. The highest BCUT2D eigenvalue weighted by Crippen LogP contribution is 2.33. The topological polar surface area (TPSA) is 124 Å². The van der Waals surface area contributed by atoms with Crippen LogP contribution in [0, 0.1) is 5.82 Å². The quantitative estimate of drug-likeness (QED) is 0.308. The van der Waals surface area contributed by atoms with Gasteiger partial charge in [0.25, 0.3) is 0 Å². The molecular weight excluding hydrogens is 579 g/mol. The normalized spacial score (nSPS) is 18.8. The van der Waals surface area contributed by atoms with Gasteiger partial charge in [-0.3, -0.25) is 4.79 Å². The van der Waals surface area contributed by atoms with Crippen molar-refractivity contribution in [3.05, 3.63) is 81.6 Å². The van der Waals surface area contributed by atoms with Gasteiger partial charge in [-0.25, -0.2) is 19.2 Å². The van der Waals surface area contributed by atoms with E-state index in [1.54, 1.807) is 29.3 Å². The minimum atomic E-state index is -1.42. The summed E-state index contributed by atoms with van der Waals surface area (Å²) in [5.74, 6) is -1.17. The van der Waals surface area contributed by atoms with Crippen LogP contribution < -0.4 is 20.0 Å². The average molecular weight is 609 g/mol. The number of hydrogen-bond donors (Lipinski definition) is 2. The molecule has 2 saturated heterocycles. The van der Waals surface area contributed by atoms with Gasteiger partial charge >= 0.3 is 5.97 Å². The van der Waals surface area contributed by atoms with Gasteiger partial charge in [-0.2, -0.15) is 0 Å². The van der Waals surface area contributed by atoms with Crippen molar-refractivity contribution in [1.82, 2.24) is 19.4 Å². The summed E-state index contributed by atoms with van der Waals surface area (Å²) in [7, 11) is 4.07. The second-order valence-corrected chi connectivity index (χ2v) is 11.4. The van der Waals surface area contributed by atoms with Crippen molar-refractivity contribution in [2.75, 3.05) is 50.1 Å². The molecule has 0 saturated carbocycles. The molecule has 1 aromatic carbocycles. The zero-order valence-electron chi connectivity index (χ0n) is 23.5. The largest absolute Gasteiger partial charge is 0.477 e. The summed E-state index contributed by atoms with van der Waals surface area (Å²) < 4.78 is 23.0. The molecule has 3 aromatic heterocycles. The summed E-state index contributed by atoms with van der Waals surface area (Å²) in [6.45, 7) is 1.98. The van der Waals surface area contributed by atoms with Gasteiger partial charge in [-0.05, 0) is 56.9 Å². The second kappa shape index (κ2) is 11.4. The van der Waals surface area contributed by atoms with E-state index >= 15 is 4.39 Å². The number of aromatic nitrogens is 3. The summed E-state index contributed by atoms with van der Waals surface area (Å²) in [5.41, 5.74) is -0.345. The molecule has 0 bridgehead atoms. The van der Waals surface area contributed by atoms with Crippen LogP contribution in [-0.2, 0) is 0 Å². The van der Waals surface area contributed by atoms with E-state index < -0.39 is 34.9 Å². The maximum atomic E-state index is 15.7. The van der Waals surface area contributed by atoms with Crippen LogP contribution in [0.2, 0.25) is 5.02 Å². The van der Waals surface area contributed by atoms with E-state index in [4.69, 9.17) is 16.3 Å².